The summed E-state index contributed by atoms with van der Waals surface area (Å²) in [5.74, 6) is 0.751. The Morgan fingerprint density at radius 2 is 2.33 bits per heavy atom. The summed E-state index contributed by atoms with van der Waals surface area (Å²) < 4.78 is 5.47. The molecule has 1 aromatic heterocycles. The van der Waals surface area contributed by atoms with Gasteiger partial charge in [0.25, 0.3) is 0 Å². The summed E-state index contributed by atoms with van der Waals surface area (Å²) in [4.78, 5) is 13.8. The maximum Gasteiger partial charge on any atom is 0.369 e. The second-order valence-electron chi connectivity index (χ2n) is 3.37. The maximum atomic E-state index is 10.6. The molecule has 0 bridgehead atoms. The van der Waals surface area contributed by atoms with Gasteiger partial charge in [-0.2, -0.15) is 0 Å². The molecule has 0 aromatic carbocycles. The van der Waals surface area contributed by atoms with E-state index in [0.29, 0.717) is 11.6 Å². The predicted molar refractivity (Wildman–Crippen MR) is 54.1 cm³/mol. The largest absolute Gasteiger partial charge is 0.490 e. The van der Waals surface area contributed by atoms with Gasteiger partial charge in [0.1, 0.15) is 5.75 Å². The van der Waals surface area contributed by atoms with Gasteiger partial charge in [-0.15, -0.1) is 0 Å². The second kappa shape index (κ2) is 3.72. The van der Waals surface area contributed by atoms with E-state index in [2.05, 4.69) is 10.3 Å². The highest BCUT2D eigenvalue weighted by molar-refractivity contribution is 5.46. The van der Waals surface area contributed by atoms with Gasteiger partial charge >= 0.3 is 5.82 Å². The summed E-state index contributed by atoms with van der Waals surface area (Å²) in [7, 11) is 1.66. The van der Waals surface area contributed by atoms with Crippen LogP contribution in [0.1, 0.15) is 12.8 Å². The van der Waals surface area contributed by atoms with Crippen molar-refractivity contribution in [2.24, 2.45) is 0 Å². The van der Waals surface area contributed by atoms with Gasteiger partial charge in [-0.25, -0.2) is 0 Å². The number of pyridine rings is 1. The molecule has 15 heavy (non-hydrogen) atoms. The highest BCUT2D eigenvalue weighted by Gasteiger charge is 2.25. The minimum absolute atomic E-state index is 0.197. The van der Waals surface area contributed by atoms with E-state index >= 15 is 0 Å². The summed E-state index contributed by atoms with van der Waals surface area (Å²) in [6, 6.07) is 3.00. The summed E-state index contributed by atoms with van der Waals surface area (Å²) >= 11 is 0. The lowest BCUT2D eigenvalue weighted by atomic mass is 10.4. The summed E-state index contributed by atoms with van der Waals surface area (Å²) in [6.45, 7) is 0. The van der Waals surface area contributed by atoms with Gasteiger partial charge in [0.15, 0.2) is 0 Å². The standard InChI is InChI=1S/C9H11N3O3/c1-10-8-4-7(15-6-2-3-6)5-9(11-8)12(13)14/h4-6H,2-3H2,1H3,(H,10,11). The van der Waals surface area contributed by atoms with Crippen molar-refractivity contribution >= 4 is 11.6 Å². The maximum absolute atomic E-state index is 10.6. The van der Waals surface area contributed by atoms with Gasteiger partial charge in [0.2, 0.25) is 5.82 Å². The van der Waals surface area contributed by atoms with E-state index in [-0.39, 0.29) is 11.9 Å². The van der Waals surface area contributed by atoms with Crippen LogP contribution in [0.25, 0.3) is 0 Å². The normalized spacial score (nSPS) is 14.7. The average Bonchev–Trinajstić information content (AvgIpc) is 3.01. The van der Waals surface area contributed by atoms with Gasteiger partial charge in [-0.05, 0) is 22.7 Å². The quantitative estimate of drug-likeness (QED) is 0.601. The zero-order valence-electron chi connectivity index (χ0n) is 8.27. The molecular weight excluding hydrogens is 198 g/mol. The highest BCUT2D eigenvalue weighted by Crippen LogP contribution is 2.29. The number of anilines is 1. The first kappa shape index (κ1) is 9.70. The van der Waals surface area contributed by atoms with Gasteiger partial charge in [0, 0.05) is 13.1 Å². The number of hydrogen-bond acceptors (Lipinski definition) is 5. The Morgan fingerprint density at radius 3 is 2.87 bits per heavy atom. The molecule has 0 atom stereocenters. The van der Waals surface area contributed by atoms with Crippen LogP contribution >= 0.6 is 0 Å². The Morgan fingerprint density at radius 1 is 1.60 bits per heavy atom. The van der Waals surface area contributed by atoms with Crippen molar-refractivity contribution in [1.29, 1.82) is 0 Å². The minimum atomic E-state index is -0.527. The molecule has 1 fully saturated rings. The average molecular weight is 209 g/mol. The molecule has 0 spiro atoms. The van der Waals surface area contributed by atoms with Crippen LogP contribution in [0.3, 0.4) is 0 Å². The number of ether oxygens (including phenoxy) is 1. The molecule has 1 aromatic rings. The lowest BCUT2D eigenvalue weighted by Gasteiger charge is -2.04. The van der Waals surface area contributed by atoms with E-state index in [1.54, 1.807) is 13.1 Å². The molecule has 1 aliphatic carbocycles. The van der Waals surface area contributed by atoms with Crippen LogP contribution in [0.2, 0.25) is 0 Å². The van der Waals surface area contributed by atoms with Crippen molar-refractivity contribution in [3.05, 3.63) is 22.2 Å². The number of nitrogens with zero attached hydrogens (tertiary/aromatic N) is 2. The fourth-order valence-corrected chi connectivity index (χ4v) is 1.16. The first-order chi connectivity index (χ1) is 7.19. The zero-order chi connectivity index (χ0) is 10.8. The number of rotatable bonds is 4. The fraction of sp³-hybridized carbons (Fsp3) is 0.444. The predicted octanol–water partition coefficient (Wildman–Crippen LogP) is 1.57. The topological polar surface area (TPSA) is 77.3 Å². The van der Waals surface area contributed by atoms with Gasteiger partial charge < -0.3 is 20.2 Å². The molecule has 1 N–H and O–H groups in total. The molecule has 6 heteroatoms. The van der Waals surface area contributed by atoms with Crippen LogP contribution < -0.4 is 10.1 Å². The molecule has 1 saturated carbocycles. The molecule has 0 radical (unpaired) electrons. The SMILES string of the molecule is CNc1cc(OC2CC2)cc([N+](=O)[O-])n1. The van der Waals surface area contributed by atoms with E-state index in [4.69, 9.17) is 4.74 Å². The summed E-state index contributed by atoms with van der Waals surface area (Å²) in [5, 5.41) is 13.3. The minimum Gasteiger partial charge on any atom is -0.490 e. The van der Waals surface area contributed by atoms with E-state index in [9.17, 15) is 10.1 Å². The second-order valence-corrected chi connectivity index (χ2v) is 3.37. The van der Waals surface area contributed by atoms with E-state index < -0.39 is 4.92 Å². The van der Waals surface area contributed by atoms with Crippen LogP contribution in [0, 0.1) is 10.1 Å². The molecule has 0 unspecified atom stereocenters. The number of aromatic nitrogens is 1. The lowest BCUT2D eigenvalue weighted by molar-refractivity contribution is -0.389. The molecule has 1 aliphatic rings. The third-order valence-electron chi connectivity index (χ3n) is 2.06. The summed E-state index contributed by atoms with van der Waals surface area (Å²) in [5.41, 5.74) is 0. The molecule has 0 saturated heterocycles. The van der Waals surface area contributed by atoms with E-state index in [0.717, 1.165) is 12.8 Å². The number of hydrogen-bond donors (Lipinski definition) is 1. The van der Waals surface area contributed by atoms with Crippen molar-refractivity contribution in [3.63, 3.8) is 0 Å². The van der Waals surface area contributed by atoms with Crippen molar-refractivity contribution < 1.29 is 9.66 Å². The van der Waals surface area contributed by atoms with Crippen LogP contribution in [-0.2, 0) is 0 Å². The monoisotopic (exact) mass is 209 g/mol. The molecule has 6 nitrogen and oxygen atoms in total. The number of nitro groups is 1. The summed E-state index contributed by atoms with van der Waals surface area (Å²) in [6.07, 6.45) is 2.26. The van der Waals surface area contributed by atoms with Crippen LogP contribution in [0.15, 0.2) is 12.1 Å². The van der Waals surface area contributed by atoms with E-state index in [1.807, 2.05) is 0 Å². The lowest BCUT2D eigenvalue weighted by Crippen LogP contribution is -2.01. The Bertz CT molecular complexity index is 390. The Labute approximate surface area is 86.4 Å². The smallest absolute Gasteiger partial charge is 0.369 e. The fourth-order valence-electron chi connectivity index (χ4n) is 1.16. The molecule has 0 aliphatic heterocycles. The van der Waals surface area contributed by atoms with Crippen molar-refractivity contribution in [2.45, 2.75) is 18.9 Å². The van der Waals surface area contributed by atoms with Gasteiger partial charge in [0.05, 0.1) is 12.2 Å². The third-order valence-corrected chi connectivity index (χ3v) is 2.06. The van der Waals surface area contributed by atoms with Crippen LogP contribution in [0.5, 0.6) is 5.75 Å². The Hall–Kier alpha value is -1.85. The molecule has 2 rings (SSSR count). The zero-order valence-corrected chi connectivity index (χ0v) is 8.27. The van der Waals surface area contributed by atoms with Crippen LogP contribution in [0.4, 0.5) is 11.6 Å². The van der Waals surface area contributed by atoms with Crippen molar-refractivity contribution in [2.75, 3.05) is 12.4 Å². The van der Waals surface area contributed by atoms with E-state index in [1.165, 1.54) is 6.07 Å². The highest BCUT2D eigenvalue weighted by atomic mass is 16.6. The number of nitrogens with one attached hydrogen (secondary N) is 1. The Kier molecular flexibility index (Phi) is 2.40. The molecule has 1 heterocycles. The van der Waals surface area contributed by atoms with Gasteiger partial charge in [-0.3, -0.25) is 0 Å². The Balaban J connectivity index is 2.27. The van der Waals surface area contributed by atoms with Crippen molar-refractivity contribution in [1.82, 2.24) is 4.98 Å². The van der Waals surface area contributed by atoms with Crippen LogP contribution in [-0.4, -0.2) is 23.1 Å². The molecule has 0 amide bonds. The molecular formula is C9H11N3O3. The van der Waals surface area contributed by atoms with Crippen molar-refractivity contribution in [3.8, 4) is 5.75 Å². The molecule has 80 valence electrons. The van der Waals surface area contributed by atoms with Gasteiger partial charge in [-0.1, -0.05) is 0 Å². The first-order valence-electron chi connectivity index (χ1n) is 4.70. The third kappa shape index (κ3) is 2.34. The first-order valence-corrected chi connectivity index (χ1v) is 4.70.